The van der Waals surface area contributed by atoms with Crippen LogP contribution in [-0.2, 0) is 0 Å². The normalized spacial score (nSPS) is 13.6. The van der Waals surface area contributed by atoms with Crippen molar-refractivity contribution in [2.24, 2.45) is 0 Å². The third kappa shape index (κ3) is 3.74. The summed E-state index contributed by atoms with van der Waals surface area (Å²) in [5, 5.41) is 2.83. The Bertz CT molecular complexity index is 738. The van der Waals surface area contributed by atoms with Crippen molar-refractivity contribution >= 4 is 11.7 Å². The minimum absolute atomic E-state index is 0.0371. The lowest BCUT2D eigenvalue weighted by Crippen LogP contribution is -2.57. The number of anilines is 1. The van der Waals surface area contributed by atoms with Crippen LogP contribution < -0.4 is 24.3 Å². The number of carbonyl (C=O) groups is 1. The van der Waals surface area contributed by atoms with Crippen LogP contribution in [0, 0.1) is 0 Å². The Morgan fingerprint density at radius 2 is 1.85 bits per heavy atom. The van der Waals surface area contributed by atoms with E-state index in [-0.39, 0.29) is 12.1 Å². The summed E-state index contributed by atoms with van der Waals surface area (Å²) in [6, 6.07) is 6.80. The third-order valence-electron chi connectivity index (χ3n) is 3.99. The largest absolute Gasteiger partial charge is 0.493 e. The molecule has 8 nitrogen and oxygen atoms in total. The third-order valence-corrected chi connectivity index (χ3v) is 3.99. The van der Waals surface area contributed by atoms with Gasteiger partial charge in [0.15, 0.2) is 11.5 Å². The van der Waals surface area contributed by atoms with E-state index in [1.165, 1.54) is 21.3 Å². The Hall–Kier alpha value is -3.16. The highest BCUT2D eigenvalue weighted by atomic mass is 16.5. The van der Waals surface area contributed by atoms with Gasteiger partial charge in [0.2, 0.25) is 5.75 Å². The lowest BCUT2D eigenvalue weighted by molar-refractivity contribution is 0.0490. The van der Waals surface area contributed by atoms with Crippen LogP contribution in [0.4, 0.5) is 10.5 Å². The van der Waals surface area contributed by atoms with Gasteiger partial charge in [0.05, 0.1) is 46.3 Å². The molecule has 3 rings (SSSR count). The number of carbonyl (C=O) groups excluding carboxylic acids is 1. The van der Waals surface area contributed by atoms with Gasteiger partial charge in [-0.05, 0) is 12.1 Å². The van der Waals surface area contributed by atoms with Crippen molar-refractivity contribution in [2.75, 3.05) is 39.7 Å². The van der Waals surface area contributed by atoms with Crippen molar-refractivity contribution in [3.63, 3.8) is 0 Å². The highest BCUT2D eigenvalue weighted by molar-refractivity contribution is 5.90. The van der Waals surface area contributed by atoms with E-state index >= 15 is 0 Å². The van der Waals surface area contributed by atoms with Crippen LogP contribution in [0.2, 0.25) is 0 Å². The van der Waals surface area contributed by atoms with Crippen molar-refractivity contribution in [1.82, 2.24) is 9.88 Å². The summed E-state index contributed by atoms with van der Waals surface area (Å²) in [6.07, 6.45) is 3.30. The van der Waals surface area contributed by atoms with Crippen LogP contribution in [0.5, 0.6) is 23.0 Å². The minimum Gasteiger partial charge on any atom is -0.493 e. The maximum absolute atomic E-state index is 12.4. The standard InChI is InChI=1S/C18H21N3O5/c1-23-15-7-12(8-16(24-2)17(15)25-3)20-18(22)21-10-14(11-21)26-13-5-4-6-19-9-13/h4-9,14H,10-11H2,1-3H3,(H,20,22). The molecule has 2 heterocycles. The van der Waals surface area contributed by atoms with Gasteiger partial charge in [0.25, 0.3) is 0 Å². The summed E-state index contributed by atoms with van der Waals surface area (Å²) in [5.41, 5.74) is 0.557. The Kier molecular flexibility index (Phi) is 5.31. The zero-order chi connectivity index (χ0) is 18.5. The van der Waals surface area contributed by atoms with E-state index in [4.69, 9.17) is 18.9 Å². The van der Waals surface area contributed by atoms with Crippen LogP contribution in [0.25, 0.3) is 0 Å². The molecule has 0 bridgehead atoms. The summed E-state index contributed by atoms with van der Waals surface area (Å²) < 4.78 is 21.6. The number of hydrogen-bond acceptors (Lipinski definition) is 6. The molecular formula is C18H21N3O5. The zero-order valence-electron chi connectivity index (χ0n) is 14.9. The molecule has 2 amide bonds. The molecule has 8 heteroatoms. The second kappa shape index (κ2) is 7.81. The fourth-order valence-electron chi connectivity index (χ4n) is 2.64. The molecule has 138 valence electrons. The first-order chi connectivity index (χ1) is 12.6. The topological polar surface area (TPSA) is 82.2 Å². The molecule has 0 radical (unpaired) electrons. The SMILES string of the molecule is COc1cc(NC(=O)N2CC(Oc3cccnc3)C2)cc(OC)c1OC. The van der Waals surface area contributed by atoms with E-state index in [2.05, 4.69) is 10.3 Å². The highest BCUT2D eigenvalue weighted by Gasteiger charge is 2.32. The molecule has 26 heavy (non-hydrogen) atoms. The first-order valence-corrected chi connectivity index (χ1v) is 8.07. The summed E-state index contributed by atoms with van der Waals surface area (Å²) >= 11 is 0. The number of aromatic nitrogens is 1. The fourth-order valence-corrected chi connectivity index (χ4v) is 2.64. The van der Waals surface area contributed by atoms with E-state index in [1.807, 2.05) is 12.1 Å². The van der Waals surface area contributed by atoms with Gasteiger partial charge in [-0.2, -0.15) is 0 Å². The lowest BCUT2D eigenvalue weighted by atomic mass is 10.2. The number of rotatable bonds is 6. The summed E-state index contributed by atoms with van der Waals surface area (Å²) in [4.78, 5) is 18.0. The first kappa shape index (κ1) is 17.7. The Morgan fingerprint density at radius 3 is 2.38 bits per heavy atom. The molecule has 1 aliphatic rings. The van der Waals surface area contributed by atoms with E-state index in [1.54, 1.807) is 29.4 Å². The molecule has 1 fully saturated rings. The number of benzene rings is 1. The van der Waals surface area contributed by atoms with Gasteiger partial charge in [-0.1, -0.05) is 0 Å². The molecule has 1 N–H and O–H groups in total. The number of amides is 2. The molecule has 1 aromatic heterocycles. The molecule has 1 aliphatic heterocycles. The van der Waals surface area contributed by atoms with E-state index in [0.29, 0.717) is 41.8 Å². The number of likely N-dealkylation sites (tertiary alicyclic amines) is 1. The number of hydrogen-bond donors (Lipinski definition) is 1. The minimum atomic E-state index is -0.217. The van der Waals surface area contributed by atoms with E-state index in [9.17, 15) is 4.79 Å². The highest BCUT2D eigenvalue weighted by Crippen LogP contribution is 2.40. The average Bonchev–Trinajstić information content (AvgIpc) is 2.64. The maximum atomic E-state index is 12.4. The number of methoxy groups -OCH3 is 3. The monoisotopic (exact) mass is 359 g/mol. The molecule has 1 saturated heterocycles. The van der Waals surface area contributed by atoms with Gasteiger partial charge in [-0.15, -0.1) is 0 Å². The van der Waals surface area contributed by atoms with Crippen molar-refractivity contribution < 1.29 is 23.7 Å². The predicted molar refractivity (Wildman–Crippen MR) is 95.3 cm³/mol. The molecule has 1 aromatic carbocycles. The lowest BCUT2D eigenvalue weighted by Gasteiger charge is -2.38. The number of pyridine rings is 1. The maximum Gasteiger partial charge on any atom is 0.322 e. The van der Waals surface area contributed by atoms with Crippen LogP contribution in [-0.4, -0.2) is 56.4 Å². The van der Waals surface area contributed by atoms with Crippen molar-refractivity contribution in [3.05, 3.63) is 36.7 Å². The molecule has 2 aromatic rings. The van der Waals surface area contributed by atoms with Gasteiger partial charge in [-0.25, -0.2) is 4.79 Å². The number of nitrogens with zero attached hydrogens (tertiary/aromatic N) is 2. The molecule has 0 spiro atoms. The molecule has 0 atom stereocenters. The molecule has 0 unspecified atom stereocenters. The fraction of sp³-hybridized carbons (Fsp3) is 0.333. The smallest absolute Gasteiger partial charge is 0.322 e. The van der Waals surface area contributed by atoms with Crippen LogP contribution in [0.3, 0.4) is 0 Å². The number of nitrogens with one attached hydrogen (secondary N) is 1. The van der Waals surface area contributed by atoms with E-state index in [0.717, 1.165) is 0 Å². The van der Waals surface area contributed by atoms with E-state index < -0.39 is 0 Å². The summed E-state index contributed by atoms with van der Waals surface area (Å²) in [6.45, 7) is 1.01. The molecule has 0 aliphatic carbocycles. The van der Waals surface area contributed by atoms with Crippen LogP contribution in [0.15, 0.2) is 36.7 Å². The van der Waals surface area contributed by atoms with Crippen molar-refractivity contribution in [1.29, 1.82) is 0 Å². The van der Waals surface area contributed by atoms with Gasteiger partial charge in [0.1, 0.15) is 11.9 Å². The predicted octanol–water partition coefficient (Wildman–Crippen LogP) is 2.40. The number of urea groups is 1. The van der Waals surface area contributed by atoms with Gasteiger partial charge < -0.3 is 29.2 Å². The quantitative estimate of drug-likeness (QED) is 0.853. The van der Waals surface area contributed by atoms with Crippen LogP contribution in [0.1, 0.15) is 0 Å². The van der Waals surface area contributed by atoms with Gasteiger partial charge in [0, 0.05) is 18.3 Å². The summed E-state index contributed by atoms with van der Waals surface area (Å²) in [5.74, 6) is 2.12. The van der Waals surface area contributed by atoms with Gasteiger partial charge >= 0.3 is 6.03 Å². The molecular weight excluding hydrogens is 338 g/mol. The second-order valence-electron chi connectivity index (χ2n) is 5.68. The first-order valence-electron chi connectivity index (χ1n) is 8.07. The Labute approximate surface area is 151 Å². The molecule has 0 saturated carbocycles. The second-order valence-corrected chi connectivity index (χ2v) is 5.68. The zero-order valence-corrected chi connectivity index (χ0v) is 14.9. The van der Waals surface area contributed by atoms with Crippen LogP contribution >= 0.6 is 0 Å². The Morgan fingerprint density at radius 1 is 1.15 bits per heavy atom. The van der Waals surface area contributed by atoms with Crippen molar-refractivity contribution in [3.8, 4) is 23.0 Å². The number of ether oxygens (including phenoxy) is 4. The Balaban J connectivity index is 1.59. The van der Waals surface area contributed by atoms with Gasteiger partial charge in [-0.3, -0.25) is 4.98 Å². The van der Waals surface area contributed by atoms with Crippen molar-refractivity contribution in [2.45, 2.75) is 6.10 Å². The summed E-state index contributed by atoms with van der Waals surface area (Å²) in [7, 11) is 4.58. The average molecular weight is 359 g/mol.